The highest BCUT2D eigenvalue weighted by Crippen LogP contribution is 2.45. The first kappa shape index (κ1) is 27.3. The van der Waals surface area contributed by atoms with E-state index in [0.717, 1.165) is 11.1 Å². The molecule has 1 atom stereocenters. The quantitative estimate of drug-likeness (QED) is 0.210. The molecule has 3 aromatic rings. The summed E-state index contributed by atoms with van der Waals surface area (Å²) in [4.78, 5) is 28.5. The third kappa shape index (κ3) is 5.01. The van der Waals surface area contributed by atoms with Gasteiger partial charge in [-0.3, -0.25) is 14.5 Å². The summed E-state index contributed by atoms with van der Waals surface area (Å²) >= 11 is 6.40. The molecular formula is C31H32ClNO5. The monoisotopic (exact) mass is 533 g/mol. The number of hydrogen-bond acceptors (Lipinski definition) is 5. The molecule has 1 aliphatic rings. The summed E-state index contributed by atoms with van der Waals surface area (Å²) in [6.45, 7) is 10.6. The number of halogens is 1. The van der Waals surface area contributed by atoms with Crippen LogP contribution in [0.4, 0.5) is 5.69 Å². The third-order valence-corrected chi connectivity index (χ3v) is 6.89. The van der Waals surface area contributed by atoms with Crippen molar-refractivity contribution >= 4 is 34.7 Å². The van der Waals surface area contributed by atoms with Crippen molar-refractivity contribution in [2.75, 3.05) is 18.6 Å². The number of carbonyl (C=O) groups excluding carboxylic acids is 2. The van der Waals surface area contributed by atoms with Gasteiger partial charge in [0.05, 0.1) is 35.9 Å². The summed E-state index contributed by atoms with van der Waals surface area (Å²) < 4.78 is 11.0. The zero-order valence-corrected chi connectivity index (χ0v) is 23.2. The van der Waals surface area contributed by atoms with Crippen LogP contribution in [-0.4, -0.2) is 30.5 Å². The Labute approximate surface area is 228 Å². The number of benzene rings is 3. The molecule has 6 nitrogen and oxygen atoms in total. The molecule has 4 rings (SSSR count). The van der Waals surface area contributed by atoms with Crippen LogP contribution < -0.4 is 14.4 Å². The van der Waals surface area contributed by atoms with Gasteiger partial charge in [0.2, 0.25) is 0 Å². The summed E-state index contributed by atoms with van der Waals surface area (Å²) in [6.07, 6.45) is 0. The van der Waals surface area contributed by atoms with Gasteiger partial charge in [0.1, 0.15) is 17.3 Å². The van der Waals surface area contributed by atoms with Gasteiger partial charge in [-0.05, 0) is 72.4 Å². The van der Waals surface area contributed by atoms with E-state index in [1.165, 1.54) is 12.0 Å². The van der Waals surface area contributed by atoms with E-state index in [1.54, 1.807) is 36.4 Å². The zero-order chi connectivity index (χ0) is 27.8. The summed E-state index contributed by atoms with van der Waals surface area (Å²) in [5.74, 6) is -0.995. The summed E-state index contributed by atoms with van der Waals surface area (Å²) in [7, 11) is 1.44. The molecule has 1 fully saturated rings. The lowest BCUT2D eigenvalue weighted by Gasteiger charge is -2.27. The minimum absolute atomic E-state index is 0.0349. The smallest absolute Gasteiger partial charge is 0.300 e. The molecule has 1 heterocycles. The maximum Gasteiger partial charge on any atom is 0.300 e. The third-order valence-electron chi connectivity index (χ3n) is 6.61. The molecule has 0 saturated carbocycles. The molecule has 1 aliphatic heterocycles. The summed E-state index contributed by atoms with van der Waals surface area (Å²) in [5, 5.41) is 11.9. The van der Waals surface area contributed by atoms with Crippen LogP contribution >= 0.6 is 11.6 Å². The van der Waals surface area contributed by atoms with Crippen molar-refractivity contribution in [1.29, 1.82) is 0 Å². The fraction of sp³-hybridized carbons (Fsp3) is 0.290. The van der Waals surface area contributed by atoms with Crippen molar-refractivity contribution in [3.8, 4) is 11.5 Å². The standard InChI is InChI=1S/C31H32ClNO5/c1-7-38-22-14-12-21(13-15-22)33-26(19-8-10-20(11-9-19)31(3,4)5)25(28(35)30(33)36)27(34)23-16-18(2)17-24(32)29(23)37-6/h8-17,26,34H,7H2,1-6H3/b27-25+. The molecule has 38 heavy (non-hydrogen) atoms. The topological polar surface area (TPSA) is 76.1 Å². The number of rotatable bonds is 6. The Hall–Kier alpha value is -3.77. The van der Waals surface area contributed by atoms with Crippen molar-refractivity contribution in [1.82, 2.24) is 0 Å². The molecule has 0 radical (unpaired) electrons. The molecule has 0 aromatic heterocycles. The lowest BCUT2D eigenvalue weighted by Crippen LogP contribution is -2.29. The lowest BCUT2D eigenvalue weighted by atomic mass is 9.85. The van der Waals surface area contributed by atoms with Crippen molar-refractivity contribution in [3.63, 3.8) is 0 Å². The Morgan fingerprint density at radius 2 is 1.66 bits per heavy atom. The number of anilines is 1. The van der Waals surface area contributed by atoms with Crippen LogP contribution in [0.15, 0.2) is 66.2 Å². The summed E-state index contributed by atoms with van der Waals surface area (Å²) in [5.41, 5.74) is 3.20. The van der Waals surface area contributed by atoms with Gasteiger partial charge >= 0.3 is 0 Å². The number of Topliss-reactive ketones (excluding diaryl/α,β-unsaturated/α-hetero) is 1. The van der Waals surface area contributed by atoms with Crippen LogP contribution in [0.2, 0.25) is 5.02 Å². The van der Waals surface area contributed by atoms with E-state index in [9.17, 15) is 14.7 Å². The second-order valence-electron chi connectivity index (χ2n) is 10.3. The molecule has 0 spiro atoms. The minimum atomic E-state index is -0.869. The first-order chi connectivity index (χ1) is 18.0. The second-order valence-corrected chi connectivity index (χ2v) is 10.7. The lowest BCUT2D eigenvalue weighted by molar-refractivity contribution is -0.132. The average Bonchev–Trinajstić information content (AvgIpc) is 3.13. The first-order valence-electron chi connectivity index (χ1n) is 12.5. The molecule has 198 valence electrons. The molecule has 0 bridgehead atoms. The maximum absolute atomic E-state index is 13.5. The number of aliphatic hydroxyl groups excluding tert-OH is 1. The highest BCUT2D eigenvalue weighted by Gasteiger charge is 2.47. The molecule has 1 N–H and O–H groups in total. The predicted molar refractivity (Wildman–Crippen MR) is 150 cm³/mol. The molecule has 3 aromatic carbocycles. The van der Waals surface area contributed by atoms with Gasteiger partial charge in [0, 0.05) is 5.69 Å². The number of aryl methyl sites for hydroxylation is 1. The normalized spacial score (nSPS) is 17.1. The number of methoxy groups -OCH3 is 1. The SMILES string of the molecule is CCOc1ccc(N2C(=O)C(=O)/C(=C(/O)c3cc(C)cc(Cl)c3OC)C2c2ccc(C(C)(C)C)cc2)cc1. The van der Waals surface area contributed by atoms with Crippen molar-refractivity contribution < 1.29 is 24.2 Å². The fourth-order valence-electron chi connectivity index (χ4n) is 4.71. The van der Waals surface area contributed by atoms with Crippen molar-refractivity contribution in [2.24, 2.45) is 0 Å². The van der Waals surface area contributed by atoms with E-state index in [-0.39, 0.29) is 28.1 Å². The Kier molecular flexibility index (Phi) is 7.56. The number of nitrogens with zero attached hydrogens (tertiary/aromatic N) is 1. The van der Waals surface area contributed by atoms with Gasteiger partial charge < -0.3 is 14.6 Å². The van der Waals surface area contributed by atoms with Crippen LogP contribution in [0.5, 0.6) is 11.5 Å². The van der Waals surface area contributed by atoms with Gasteiger partial charge in [-0.15, -0.1) is 0 Å². The van der Waals surface area contributed by atoms with E-state index in [0.29, 0.717) is 28.6 Å². The molecule has 0 aliphatic carbocycles. The molecule has 7 heteroatoms. The van der Waals surface area contributed by atoms with Gasteiger partial charge in [0.15, 0.2) is 0 Å². The maximum atomic E-state index is 13.5. The number of hydrogen-bond donors (Lipinski definition) is 1. The van der Waals surface area contributed by atoms with E-state index >= 15 is 0 Å². The van der Waals surface area contributed by atoms with E-state index in [2.05, 4.69) is 20.8 Å². The molecule has 1 amide bonds. The number of ether oxygens (including phenoxy) is 2. The zero-order valence-electron chi connectivity index (χ0n) is 22.5. The Bertz CT molecular complexity index is 1400. The van der Waals surface area contributed by atoms with Crippen LogP contribution in [0.3, 0.4) is 0 Å². The highest BCUT2D eigenvalue weighted by molar-refractivity contribution is 6.51. The first-order valence-corrected chi connectivity index (χ1v) is 12.8. The average molecular weight is 534 g/mol. The van der Waals surface area contributed by atoms with E-state index in [4.69, 9.17) is 21.1 Å². The number of ketones is 1. The minimum Gasteiger partial charge on any atom is -0.507 e. The van der Waals surface area contributed by atoms with Crippen LogP contribution in [0.25, 0.3) is 5.76 Å². The van der Waals surface area contributed by atoms with E-state index in [1.807, 2.05) is 38.1 Å². The number of aliphatic hydroxyl groups is 1. The Balaban J connectivity index is 1.95. The van der Waals surface area contributed by atoms with Gasteiger partial charge in [0.25, 0.3) is 11.7 Å². The van der Waals surface area contributed by atoms with Gasteiger partial charge in [-0.2, -0.15) is 0 Å². The summed E-state index contributed by atoms with van der Waals surface area (Å²) in [6, 6.07) is 17.2. The fourth-order valence-corrected chi connectivity index (χ4v) is 5.06. The van der Waals surface area contributed by atoms with E-state index < -0.39 is 17.7 Å². The number of carbonyl (C=O) groups is 2. The van der Waals surface area contributed by atoms with Gasteiger partial charge in [-0.25, -0.2) is 0 Å². The largest absolute Gasteiger partial charge is 0.507 e. The Morgan fingerprint density at radius 3 is 2.21 bits per heavy atom. The number of amides is 1. The van der Waals surface area contributed by atoms with Crippen molar-refractivity contribution in [3.05, 3.63) is 93.5 Å². The van der Waals surface area contributed by atoms with Crippen LogP contribution in [-0.2, 0) is 15.0 Å². The van der Waals surface area contributed by atoms with Gasteiger partial charge in [-0.1, -0.05) is 56.6 Å². The highest BCUT2D eigenvalue weighted by atomic mass is 35.5. The van der Waals surface area contributed by atoms with Crippen LogP contribution in [0, 0.1) is 6.92 Å². The molecule has 1 unspecified atom stereocenters. The van der Waals surface area contributed by atoms with Crippen molar-refractivity contribution in [2.45, 2.75) is 46.1 Å². The molecular weight excluding hydrogens is 502 g/mol. The predicted octanol–water partition coefficient (Wildman–Crippen LogP) is 6.98. The second kappa shape index (κ2) is 10.5. The Morgan fingerprint density at radius 1 is 1.03 bits per heavy atom. The van der Waals surface area contributed by atoms with Crippen LogP contribution in [0.1, 0.15) is 56.0 Å². The molecule has 1 saturated heterocycles.